The fourth-order valence-corrected chi connectivity index (χ4v) is 1.94. The lowest BCUT2D eigenvalue weighted by Gasteiger charge is -2.26. The van der Waals surface area contributed by atoms with Crippen LogP contribution in [0.4, 0.5) is 5.69 Å². The highest BCUT2D eigenvalue weighted by Crippen LogP contribution is 2.24. The molecule has 126 valence electrons. The minimum absolute atomic E-state index is 0.151. The summed E-state index contributed by atoms with van der Waals surface area (Å²) in [6, 6.07) is 4.13. The third-order valence-electron chi connectivity index (χ3n) is 2.81. The number of aliphatic hydroxyl groups is 1. The van der Waals surface area contributed by atoms with Crippen molar-refractivity contribution in [2.45, 2.75) is 23.9 Å². The van der Waals surface area contributed by atoms with Gasteiger partial charge in [0.05, 0.1) is 17.6 Å². The number of amides is 1. The molecule has 1 aromatic carbocycles. The molecule has 23 heavy (non-hydrogen) atoms. The van der Waals surface area contributed by atoms with Crippen LogP contribution >= 0.6 is 23.2 Å². The van der Waals surface area contributed by atoms with E-state index in [0.29, 0.717) is 5.56 Å². The molecule has 2 unspecified atom stereocenters. The van der Waals surface area contributed by atoms with Gasteiger partial charge in [-0.3, -0.25) is 19.7 Å². The first-order valence-electron chi connectivity index (χ1n) is 6.37. The van der Waals surface area contributed by atoms with Crippen LogP contribution in [0, 0.1) is 10.1 Å². The largest absolute Gasteiger partial charge is 0.455 e. The summed E-state index contributed by atoms with van der Waals surface area (Å²) in [5, 5.41) is 22.5. The molecule has 1 aromatic rings. The number of hydrogen-bond acceptors (Lipinski definition) is 6. The first-order valence-corrected chi connectivity index (χ1v) is 7.24. The third kappa shape index (κ3) is 5.66. The summed E-state index contributed by atoms with van der Waals surface area (Å²) < 4.78 is 5.10. The zero-order valence-electron chi connectivity index (χ0n) is 11.9. The average Bonchev–Trinajstić information content (AvgIpc) is 2.50. The molecule has 0 heterocycles. The second-order valence-corrected chi connectivity index (χ2v) is 5.57. The molecule has 2 atom stereocenters. The molecule has 1 amide bonds. The Bertz CT molecular complexity index is 578. The van der Waals surface area contributed by atoms with Gasteiger partial charge in [0.1, 0.15) is 6.10 Å². The molecule has 8 nitrogen and oxygen atoms in total. The summed E-state index contributed by atoms with van der Waals surface area (Å²) in [5.41, 5.74) is 0.201. The summed E-state index contributed by atoms with van der Waals surface area (Å²) in [6.07, 6.45) is -1.06. The molecule has 10 heteroatoms. The van der Waals surface area contributed by atoms with Crippen molar-refractivity contribution in [1.29, 1.82) is 0 Å². The Hall–Kier alpha value is -1.90. The van der Waals surface area contributed by atoms with Crippen molar-refractivity contribution in [3.8, 4) is 0 Å². The molecule has 0 aliphatic rings. The second-order valence-electron chi connectivity index (χ2n) is 4.48. The number of aliphatic hydroxyl groups excluding tert-OH is 1. The highest BCUT2D eigenvalue weighted by Gasteiger charge is 2.29. The molecule has 0 spiro atoms. The SMILES string of the molecule is CC(=O)OC(c1ccc([N+](=O)[O-])cc1)C(CO)NC(=O)C(Cl)Cl. The molecule has 1 rings (SSSR count). The molecule has 0 aliphatic carbocycles. The number of nitro benzene ring substituents is 1. The fraction of sp³-hybridized carbons (Fsp3) is 0.385. The maximum Gasteiger partial charge on any atom is 0.303 e. The molecule has 0 fully saturated rings. The quantitative estimate of drug-likeness (QED) is 0.327. The van der Waals surface area contributed by atoms with E-state index in [0.717, 1.165) is 6.92 Å². The number of ether oxygens (including phenoxy) is 1. The van der Waals surface area contributed by atoms with Crippen LogP contribution in [0.25, 0.3) is 0 Å². The number of benzene rings is 1. The Morgan fingerprint density at radius 2 is 1.91 bits per heavy atom. The highest BCUT2D eigenvalue weighted by atomic mass is 35.5. The summed E-state index contributed by atoms with van der Waals surface area (Å²) in [4.78, 5) is 31.5. The van der Waals surface area contributed by atoms with Gasteiger partial charge in [-0.1, -0.05) is 23.2 Å². The lowest BCUT2D eigenvalue weighted by Crippen LogP contribution is -2.45. The number of nitro groups is 1. The van der Waals surface area contributed by atoms with Crippen molar-refractivity contribution >= 4 is 40.8 Å². The number of non-ortho nitro benzene ring substituents is 1. The minimum atomic E-state index is -1.36. The standard InChI is InChI=1S/C13H14Cl2N2O6/c1-7(19)23-11(10(6-18)16-13(20)12(14)15)8-2-4-9(5-3-8)17(21)22/h2-5,10-12,18H,6H2,1H3,(H,16,20). The topological polar surface area (TPSA) is 119 Å². The smallest absolute Gasteiger partial charge is 0.303 e. The first kappa shape index (κ1) is 19.1. The molecular formula is C13H14Cl2N2O6. The van der Waals surface area contributed by atoms with E-state index in [9.17, 15) is 24.8 Å². The van der Waals surface area contributed by atoms with Gasteiger partial charge in [-0.15, -0.1) is 0 Å². The number of nitrogens with zero attached hydrogens (tertiary/aromatic N) is 1. The van der Waals surface area contributed by atoms with Crippen LogP contribution in [-0.2, 0) is 14.3 Å². The van der Waals surface area contributed by atoms with Crippen LogP contribution in [0.5, 0.6) is 0 Å². The predicted octanol–water partition coefficient (Wildman–Crippen LogP) is 1.48. The number of halogens is 2. The minimum Gasteiger partial charge on any atom is -0.455 e. The van der Waals surface area contributed by atoms with E-state index < -0.39 is 40.4 Å². The third-order valence-corrected chi connectivity index (χ3v) is 3.21. The summed E-state index contributed by atoms with van der Waals surface area (Å²) >= 11 is 10.9. The van der Waals surface area contributed by atoms with Crippen LogP contribution in [0.3, 0.4) is 0 Å². The van der Waals surface area contributed by atoms with Crippen LogP contribution in [-0.4, -0.2) is 39.4 Å². The Labute approximate surface area is 141 Å². The number of hydrogen-bond donors (Lipinski definition) is 2. The summed E-state index contributed by atoms with van der Waals surface area (Å²) in [7, 11) is 0. The van der Waals surface area contributed by atoms with Gasteiger partial charge in [0.2, 0.25) is 0 Å². The maximum atomic E-state index is 11.6. The monoisotopic (exact) mass is 364 g/mol. The van der Waals surface area contributed by atoms with Gasteiger partial charge in [0.15, 0.2) is 4.84 Å². The second kappa shape index (κ2) is 8.66. The Morgan fingerprint density at radius 3 is 2.30 bits per heavy atom. The van der Waals surface area contributed by atoms with Gasteiger partial charge in [-0.25, -0.2) is 0 Å². The normalized spacial score (nSPS) is 13.3. The number of nitrogens with one attached hydrogen (secondary N) is 1. The van der Waals surface area contributed by atoms with Gasteiger partial charge in [0.25, 0.3) is 11.6 Å². The number of esters is 1. The molecule has 0 saturated carbocycles. The average molecular weight is 365 g/mol. The highest BCUT2D eigenvalue weighted by molar-refractivity contribution is 6.53. The van der Waals surface area contributed by atoms with E-state index in [-0.39, 0.29) is 5.69 Å². The molecular weight excluding hydrogens is 351 g/mol. The van der Waals surface area contributed by atoms with Gasteiger partial charge >= 0.3 is 5.97 Å². The molecule has 0 bridgehead atoms. The van der Waals surface area contributed by atoms with Crippen molar-refractivity contribution in [3.05, 3.63) is 39.9 Å². The van der Waals surface area contributed by atoms with Crippen molar-refractivity contribution in [2.75, 3.05) is 6.61 Å². The zero-order chi connectivity index (χ0) is 17.6. The molecule has 0 radical (unpaired) electrons. The lowest BCUT2D eigenvalue weighted by molar-refractivity contribution is -0.384. The fourth-order valence-electron chi connectivity index (χ4n) is 1.81. The van der Waals surface area contributed by atoms with Crippen molar-refractivity contribution in [3.63, 3.8) is 0 Å². The predicted molar refractivity (Wildman–Crippen MR) is 82.1 cm³/mol. The number of rotatable bonds is 7. The van der Waals surface area contributed by atoms with Crippen molar-refractivity contribution in [2.24, 2.45) is 0 Å². The van der Waals surface area contributed by atoms with Crippen LogP contribution in [0.15, 0.2) is 24.3 Å². The molecule has 0 aliphatic heterocycles. The van der Waals surface area contributed by atoms with Gasteiger partial charge in [-0.05, 0) is 17.7 Å². The van der Waals surface area contributed by atoms with E-state index in [2.05, 4.69) is 5.32 Å². The Balaban J connectivity index is 3.08. The van der Waals surface area contributed by atoms with E-state index in [1.54, 1.807) is 0 Å². The maximum absolute atomic E-state index is 11.6. The zero-order valence-corrected chi connectivity index (χ0v) is 13.5. The number of carbonyl (C=O) groups is 2. The first-order chi connectivity index (χ1) is 10.8. The van der Waals surface area contributed by atoms with Crippen LogP contribution in [0.2, 0.25) is 0 Å². The molecule has 0 saturated heterocycles. The molecule has 0 aromatic heterocycles. The van der Waals surface area contributed by atoms with E-state index >= 15 is 0 Å². The molecule has 2 N–H and O–H groups in total. The van der Waals surface area contributed by atoms with Gasteiger partial charge in [-0.2, -0.15) is 0 Å². The van der Waals surface area contributed by atoms with Crippen LogP contribution in [0.1, 0.15) is 18.6 Å². The summed E-state index contributed by atoms with van der Waals surface area (Å²) in [6.45, 7) is 0.585. The summed E-state index contributed by atoms with van der Waals surface area (Å²) in [5.74, 6) is -1.43. The number of carbonyl (C=O) groups excluding carboxylic acids is 2. The van der Waals surface area contributed by atoms with Gasteiger partial charge in [0, 0.05) is 19.1 Å². The Morgan fingerprint density at radius 1 is 1.35 bits per heavy atom. The number of alkyl halides is 2. The van der Waals surface area contributed by atoms with Crippen LogP contribution < -0.4 is 5.32 Å². The Kier molecular flexibility index (Phi) is 7.21. The van der Waals surface area contributed by atoms with E-state index in [4.69, 9.17) is 27.9 Å². The van der Waals surface area contributed by atoms with Crippen molar-refractivity contribution < 1.29 is 24.4 Å². The lowest BCUT2D eigenvalue weighted by atomic mass is 10.0. The van der Waals surface area contributed by atoms with Gasteiger partial charge < -0.3 is 15.2 Å². The van der Waals surface area contributed by atoms with E-state index in [1.807, 2.05) is 0 Å². The van der Waals surface area contributed by atoms with E-state index in [1.165, 1.54) is 24.3 Å². The van der Waals surface area contributed by atoms with Crippen molar-refractivity contribution in [1.82, 2.24) is 5.32 Å².